The molecule has 1 atom stereocenters. The van der Waals surface area contributed by atoms with E-state index in [1.807, 2.05) is 19.1 Å². The largest absolute Gasteiger partial charge is 0.358 e. The Labute approximate surface area is 79.0 Å². The van der Waals surface area contributed by atoms with E-state index in [1.165, 1.54) is 5.57 Å². The number of hydrogen-bond acceptors (Lipinski definition) is 1. The van der Waals surface area contributed by atoms with Crippen LogP contribution in [-0.2, 0) is 4.79 Å². The Kier molecular flexibility index (Phi) is 3.07. The molecule has 1 amide bonds. The third-order valence-electron chi connectivity index (χ3n) is 2.21. The van der Waals surface area contributed by atoms with Crippen LogP contribution >= 0.6 is 0 Å². The first-order valence-corrected chi connectivity index (χ1v) is 4.39. The highest BCUT2D eigenvalue weighted by Gasteiger charge is 2.17. The second-order valence-electron chi connectivity index (χ2n) is 3.26. The van der Waals surface area contributed by atoms with Crippen molar-refractivity contribution in [1.29, 1.82) is 0 Å². The summed E-state index contributed by atoms with van der Waals surface area (Å²) in [5, 5.41) is 2.63. The molecule has 0 radical (unpaired) electrons. The number of allylic oxidation sites excluding steroid dienone is 3. The molecule has 1 rings (SSSR count). The molecule has 1 unspecified atom stereocenters. The lowest BCUT2D eigenvalue weighted by Gasteiger charge is -2.11. The average Bonchev–Trinajstić information content (AvgIpc) is 2.28. The van der Waals surface area contributed by atoms with E-state index in [0.717, 1.165) is 12.0 Å². The molecule has 0 aliphatic heterocycles. The zero-order chi connectivity index (χ0) is 9.84. The van der Waals surface area contributed by atoms with Crippen molar-refractivity contribution in [3.8, 4) is 0 Å². The van der Waals surface area contributed by atoms with Crippen molar-refractivity contribution in [2.75, 3.05) is 7.05 Å². The van der Waals surface area contributed by atoms with Crippen LogP contribution in [0.2, 0.25) is 0 Å². The Bertz CT molecular complexity index is 286. The van der Waals surface area contributed by atoms with Crippen molar-refractivity contribution in [2.24, 2.45) is 5.92 Å². The lowest BCUT2D eigenvalue weighted by molar-refractivity contribution is -0.122. The molecule has 2 nitrogen and oxygen atoms in total. The average molecular weight is 177 g/mol. The van der Waals surface area contributed by atoms with Crippen LogP contribution in [0.4, 0.5) is 0 Å². The fourth-order valence-corrected chi connectivity index (χ4v) is 1.30. The molecule has 0 aromatic carbocycles. The van der Waals surface area contributed by atoms with Crippen molar-refractivity contribution in [1.82, 2.24) is 5.32 Å². The van der Waals surface area contributed by atoms with Gasteiger partial charge in [-0.2, -0.15) is 0 Å². The molecule has 1 aliphatic carbocycles. The first-order valence-electron chi connectivity index (χ1n) is 4.39. The summed E-state index contributed by atoms with van der Waals surface area (Å²) in [4.78, 5) is 11.4. The second kappa shape index (κ2) is 4.08. The Morgan fingerprint density at radius 1 is 1.69 bits per heavy atom. The smallest absolute Gasteiger partial charge is 0.230 e. The van der Waals surface area contributed by atoms with Gasteiger partial charge in [0.1, 0.15) is 0 Å². The molecule has 13 heavy (non-hydrogen) atoms. The van der Waals surface area contributed by atoms with Gasteiger partial charge in [0.25, 0.3) is 0 Å². The maximum atomic E-state index is 11.4. The standard InChI is InChI=1S/C11H15NO/c1-8-4-6-9(2)10(7-5-8)11(13)12-3/h4-5,7,10H,2,6H2,1,3H3,(H,12,13). The Balaban J connectivity index is 2.83. The Morgan fingerprint density at radius 2 is 2.38 bits per heavy atom. The monoisotopic (exact) mass is 177 g/mol. The van der Waals surface area contributed by atoms with Gasteiger partial charge >= 0.3 is 0 Å². The number of carbonyl (C=O) groups excluding carboxylic acids is 1. The van der Waals surface area contributed by atoms with E-state index < -0.39 is 0 Å². The Hall–Kier alpha value is -1.31. The molecule has 0 saturated heterocycles. The van der Waals surface area contributed by atoms with Gasteiger partial charge in [0, 0.05) is 7.05 Å². The maximum Gasteiger partial charge on any atom is 0.230 e. The minimum Gasteiger partial charge on any atom is -0.358 e. The molecule has 0 bridgehead atoms. The summed E-state index contributed by atoms with van der Waals surface area (Å²) in [6.45, 7) is 5.93. The van der Waals surface area contributed by atoms with Crippen LogP contribution in [0, 0.1) is 5.92 Å². The van der Waals surface area contributed by atoms with Gasteiger partial charge in [0.05, 0.1) is 5.92 Å². The SMILES string of the molecule is C=C1CC=C(C)C=CC1C(=O)NC. The van der Waals surface area contributed by atoms with Crippen molar-refractivity contribution in [3.63, 3.8) is 0 Å². The highest BCUT2D eigenvalue weighted by Crippen LogP contribution is 2.20. The van der Waals surface area contributed by atoms with Crippen molar-refractivity contribution < 1.29 is 4.79 Å². The predicted octanol–water partition coefficient (Wildman–Crippen LogP) is 1.81. The van der Waals surface area contributed by atoms with Gasteiger partial charge in [0.2, 0.25) is 5.91 Å². The minimum atomic E-state index is -0.168. The van der Waals surface area contributed by atoms with Crippen LogP contribution in [0.5, 0.6) is 0 Å². The summed E-state index contributed by atoms with van der Waals surface area (Å²) < 4.78 is 0. The van der Waals surface area contributed by atoms with E-state index in [4.69, 9.17) is 0 Å². The van der Waals surface area contributed by atoms with E-state index in [9.17, 15) is 4.79 Å². The summed E-state index contributed by atoms with van der Waals surface area (Å²) in [5.74, 6) is -0.150. The summed E-state index contributed by atoms with van der Waals surface area (Å²) in [7, 11) is 1.65. The van der Waals surface area contributed by atoms with Gasteiger partial charge in [-0.3, -0.25) is 4.79 Å². The van der Waals surface area contributed by atoms with Crippen LogP contribution in [0.25, 0.3) is 0 Å². The van der Waals surface area contributed by atoms with E-state index in [2.05, 4.69) is 18.0 Å². The molecular formula is C11H15NO. The van der Waals surface area contributed by atoms with Crippen molar-refractivity contribution in [2.45, 2.75) is 13.3 Å². The fourth-order valence-electron chi connectivity index (χ4n) is 1.30. The molecule has 1 N–H and O–H groups in total. The number of hydrogen-bond donors (Lipinski definition) is 1. The van der Waals surface area contributed by atoms with E-state index in [1.54, 1.807) is 7.05 Å². The number of rotatable bonds is 1. The first kappa shape index (κ1) is 9.78. The lowest BCUT2D eigenvalue weighted by atomic mass is 9.98. The molecule has 70 valence electrons. The summed E-state index contributed by atoms with van der Waals surface area (Å²) in [6, 6.07) is 0. The molecule has 1 aliphatic rings. The highest BCUT2D eigenvalue weighted by atomic mass is 16.1. The maximum absolute atomic E-state index is 11.4. The van der Waals surface area contributed by atoms with Crippen LogP contribution in [-0.4, -0.2) is 13.0 Å². The zero-order valence-corrected chi connectivity index (χ0v) is 8.13. The van der Waals surface area contributed by atoms with Crippen molar-refractivity contribution in [3.05, 3.63) is 36.0 Å². The molecule has 0 spiro atoms. The quantitative estimate of drug-likeness (QED) is 0.608. The third-order valence-corrected chi connectivity index (χ3v) is 2.21. The highest BCUT2D eigenvalue weighted by molar-refractivity contribution is 5.83. The van der Waals surface area contributed by atoms with Gasteiger partial charge in [-0.25, -0.2) is 0 Å². The van der Waals surface area contributed by atoms with Gasteiger partial charge in [0.15, 0.2) is 0 Å². The number of carbonyl (C=O) groups is 1. The van der Waals surface area contributed by atoms with E-state index in [-0.39, 0.29) is 11.8 Å². The summed E-state index contributed by atoms with van der Waals surface area (Å²) in [5.41, 5.74) is 2.14. The second-order valence-corrected chi connectivity index (χ2v) is 3.26. The number of amides is 1. The fraction of sp³-hybridized carbons (Fsp3) is 0.364. The first-order chi connectivity index (χ1) is 6.15. The molecule has 0 saturated carbocycles. The lowest BCUT2D eigenvalue weighted by Crippen LogP contribution is -2.26. The molecular weight excluding hydrogens is 162 g/mol. The Morgan fingerprint density at radius 3 is 3.00 bits per heavy atom. The van der Waals surface area contributed by atoms with Crippen LogP contribution in [0.1, 0.15) is 13.3 Å². The molecule has 0 aromatic rings. The third kappa shape index (κ3) is 2.31. The normalized spacial score (nSPS) is 22.2. The molecule has 0 heterocycles. The predicted molar refractivity (Wildman–Crippen MR) is 54.2 cm³/mol. The van der Waals surface area contributed by atoms with Gasteiger partial charge in [-0.05, 0) is 13.3 Å². The van der Waals surface area contributed by atoms with Crippen LogP contribution in [0.15, 0.2) is 36.0 Å². The van der Waals surface area contributed by atoms with Crippen LogP contribution in [0.3, 0.4) is 0 Å². The summed E-state index contributed by atoms with van der Waals surface area (Å²) in [6.07, 6.45) is 6.75. The minimum absolute atomic E-state index is 0.0179. The van der Waals surface area contributed by atoms with E-state index in [0.29, 0.717) is 0 Å². The molecule has 0 fully saturated rings. The zero-order valence-electron chi connectivity index (χ0n) is 8.13. The van der Waals surface area contributed by atoms with Gasteiger partial charge < -0.3 is 5.32 Å². The number of nitrogens with one attached hydrogen (secondary N) is 1. The topological polar surface area (TPSA) is 29.1 Å². The van der Waals surface area contributed by atoms with E-state index >= 15 is 0 Å². The van der Waals surface area contributed by atoms with Crippen LogP contribution < -0.4 is 5.32 Å². The molecule has 0 aromatic heterocycles. The van der Waals surface area contributed by atoms with Gasteiger partial charge in [-0.1, -0.05) is 36.0 Å². The van der Waals surface area contributed by atoms with Crippen molar-refractivity contribution >= 4 is 5.91 Å². The summed E-state index contributed by atoms with van der Waals surface area (Å²) >= 11 is 0. The van der Waals surface area contributed by atoms with Gasteiger partial charge in [-0.15, -0.1) is 0 Å². The molecule has 2 heteroatoms.